The van der Waals surface area contributed by atoms with E-state index < -0.39 is 11.4 Å². The summed E-state index contributed by atoms with van der Waals surface area (Å²) in [5.74, 6) is -0.734. The Balaban J connectivity index is 4.34. The molecule has 0 heterocycles. The van der Waals surface area contributed by atoms with E-state index in [1.165, 1.54) is 6.92 Å². The predicted octanol–water partition coefficient (Wildman–Crippen LogP) is 2.66. The van der Waals surface area contributed by atoms with Crippen molar-refractivity contribution in [2.45, 2.75) is 53.4 Å². The molecular weight excluding hydrogens is 208 g/mol. The van der Waals surface area contributed by atoms with E-state index >= 15 is 0 Å². The van der Waals surface area contributed by atoms with E-state index in [4.69, 9.17) is 9.78 Å². The van der Waals surface area contributed by atoms with Gasteiger partial charge >= 0.3 is 5.97 Å². The number of hydrogen-bond acceptors (Lipinski definition) is 4. The number of rotatable bonds is 8. The second-order valence-corrected chi connectivity index (χ2v) is 3.89. The van der Waals surface area contributed by atoms with Crippen LogP contribution in [0.1, 0.15) is 53.4 Å². The molecule has 0 amide bonds. The zero-order valence-electron chi connectivity index (χ0n) is 10.7. The molecule has 0 aromatic heterocycles. The highest BCUT2D eigenvalue weighted by atomic mass is 17.2. The number of carbonyl (C=O) groups excluding carboxylic acids is 2. The molecule has 0 fully saturated rings. The van der Waals surface area contributed by atoms with Gasteiger partial charge in [0, 0.05) is 0 Å². The van der Waals surface area contributed by atoms with Crippen LogP contribution in [0.5, 0.6) is 0 Å². The highest BCUT2D eigenvalue weighted by Crippen LogP contribution is 2.29. The number of carbonyl (C=O) groups is 2. The molecule has 0 rings (SSSR count). The molecule has 0 radical (unpaired) electrons. The third kappa shape index (κ3) is 3.59. The molecule has 0 aromatic rings. The van der Waals surface area contributed by atoms with E-state index in [0.29, 0.717) is 19.4 Å². The van der Waals surface area contributed by atoms with Crippen LogP contribution >= 0.6 is 0 Å². The minimum Gasteiger partial charge on any atom is -0.299 e. The molecule has 0 aliphatic heterocycles. The van der Waals surface area contributed by atoms with Crippen molar-refractivity contribution in [1.29, 1.82) is 0 Å². The predicted molar refractivity (Wildman–Crippen MR) is 60.6 cm³/mol. The van der Waals surface area contributed by atoms with Crippen LogP contribution in [0.4, 0.5) is 0 Å². The Morgan fingerprint density at radius 1 is 1.12 bits per heavy atom. The summed E-state index contributed by atoms with van der Waals surface area (Å²) in [4.78, 5) is 32.8. The van der Waals surface area contributed by atoms with Crippen molar-refractivity contribution >= 4 is 11.8 Å². The monoisotopic (exact) mass is 230 g/mol. The maximum absolute atomic E-state index is 11.8. The van der Waals surface area contributed by atoms with Gasteiger partial charge in [0.25, 0.3) is 0 Å². The summed E-state index contributed by atoms with van der Waals surface area (Å²) in [5, 5.41) is 0. The van der Waals surface area contributed by atoms with Crippen molar-refractivity contribution in [2.75, 3.05) is 6.61 Å². The summed E-state index contributed by atoms with van der Waals surface area (Å²) in [6, 6.07) is 0. The zero-order chi connectivity index (χ0) is 12.6. The van der Waals surface area contributed by atoms with Crippen molar-refractivity contribution in [1.82, 2.24) is 0 Å². The fourth-order valence-corrected chi connectivity index (χ4v) is 1.56. The van der Waals surface area contributed by atoms with Crippen LogP contribution < -0.4 is 0 Å². The third-order valence-electron chi connectivity index (χ3n) is 2.99. The molecule has 0 bridgehead atoms. The first kappa shape index (κ1) is 15.1. The summed E-state index contributed by atoms with van der Waals surface area (Å²) in [6.07, 6.45) is 2.68. The smallest absolute Gasteiger partial charge is 0.299 e. The molecule has 0 spiro atoms. The van der Waals surface area contributed by atoms with Gasteiger partial charge in [0.2, 0.25) is 0 Å². The number of ketones is 1. The van der Waals surface area contributed by atoms with Crippen LogP contribution in [-0.2, 0) is 19.4 Å². The minimum absolute atomic E-state index is 0.165. The molecular formula is C12H22O4. The zero-order valence-corrected chi connectivity index (χ0v) is 10.7. The average Bonchev–Trinajstić information content (AvgIpc) is 2.26. The highest BCUT2D eigenvalue weighted by Gasteiger charge is 2.42. The van der Waals surface area contributed by atoms with Crippen LogP contribution in [0.2, 0.25) is 0 Å². The van der Waals surface area contributed by atoms with Crippen molar-refractivity contribution in [2.24, 2.45) is 5.41 Å². The molecule has 0 saturated carbocycles. The minimum atomic E-state index is -1.04. The SMILES string of the molecule is CCCCOOC(=O)C(CC)(CC)C(C)=O. The summed E-state index contributed by atoms with van der Waals surface area (Å²) in [6.45, 7) is 7.42. The molecule has 0 aromatic carbocycles. The lowest BCUT2D eigenvalue weighted by Gasteiger charge is -2.24. The van der Waals surface area contributed by atoms with Crippen LogP contribution in [0, 0.1) is 5.41 Å². The Labute approximate surface area is 97.2 Å². The van der Waals surface area contributed by atoms with Gasteiger partial charge in [0.05, 0.1) is 6.61 Å². The Kier molecular flexibility index (Phi) is 6.97. The van der Waals surface area contributed by atoms with Crippen LogP contribution in [0.15, 0.2) is 0 Å². The van der Waals surface area contributed by atoms with Gasteiger partial charge in [-0.2, -0.15) is 4.89 Å². The molecule has 0 unspecified atom stereocenters. The van der Waals surface area contributed by atoms with E-state index in [1.807, 2.05) is 6.92 Å². The van der Waals surface area contributed by atoms with Crippen molar-refractivity contribution in [3.05, 3.63) is 0 Å². The molecule has 0 aliphatic carbocycles. The van der Waals surface area contributed by atoms with Gasteiger partial charge in [0.1, 0.15) is 11.2 Å². The molecule has 4 heteroatoms. The Morgan fingerprint density at radius 2 is 1.69 bits per heavy atom. The topological polar surface area (TPSA) is 52.6 Å². The molecule has 4 nitrogen and oxygen atoms in total. The summed E-state index contributed by atoms with van der Waals surface area (Å²) < 4.78 is 0. The summed E-state index contributed by atoms with van der Waals surface area (Å²) in [7, 11) is 0. The van der Waals surface area contributed by atoms with Gasteiger partial charge in [-0.15, -0.1) is 0 Å². The lowest BCUT2D eigenvalue weighted by Crippen LogP contribution is -2.38. The van der Waals surface area contributed by atoms with Crippen molar-refractivity contribution < 1.29 is 19.4 Å². The largest absolute Gasteiger partial charge is 0.355 e. The van der Waals surface area contributed by atoms with E-state index in [1.54, 1.807) is 13.8 Å². The number of unbranched alkanes of at least 4 members (excludes halogenated alkanes) is 1. The molecule has 0 aliphatic rings. The van der Waals surface area contributed by atoms with Gasteiger partial charge < -0.3 is 0 Å². The number of hydrogen-bond donors (Lipinski definition) is 0. The average molecular weight is 230 g/mol. The van der Waals surface area contributed by atoms with Crippen molar-refractivity contribution in [3.8, 4) is 0 Å². The first-order valence-corrected chi connectivity index (χ1v) is 5.90. The first-order chi connectivity index (χ1) is 7.55. The molecule has 0 saturated heterocycles. The fraction of sp³-hybridized carbons (Fsp3) is 0.833. The van der Waals surface area contributed by atoms with Gasteiger partial charge in [0.15, 0.2) is 0 Å². The molecule has 0 atom stereocenters. The second-order valence-electron chi connectivity index (χ2n) is 3.89. The first-order valence-electron chi connectivity index (χ1n) is 5.90. The van der Waals surface area contributed by atoms with Gasteiger partial charge in [-0.05, 0) is 26.2 Å². The fourth-order valence-electron chi connectivity index (χ4n) is 1.56. The third-order valence-corrected chi connectivity index (χ3v) is 2.99. The van der Waals surface area contributed by atoms with Crippen molar-refractivity contribution in [3.63, 3.8) is 0 Å². The lowest BCUT2D eigenvalue weighted by atomic mass is 9.79. The van der Waals surface area contributed by atoms with Gasteiger partial charge in [-0.3, -0.25) is 9.68 Å². The standard InChI is InChI=1S/C12H22O4/c1-5-8-9-15-16-11(14)12(6-2,7-3)10(4)13/h5-9H2,1-4H3. The Morgan fingerprint density at radius 3 is 2.06 bits per heavy atom. The van der Waals surface area contributed by atoms with Crippen LogP contribution in [0.25, 0.3) is 0 Å². The molecule has 16 heavy (non-hydrogen) atoms. The second kappa shape index (κ2) is 7.39. The van der Waals surface area contributed by atoms with E-state index in [2.05, 4.69) is 0 Å². The van der Waals surface area contributed by atoms with Gasteiger partial charge in [-0.25, -0.2) is 4.79 Å². The van der Waals surface area contributed by atoms with Gasteiger partial charge in [-0.1, -0.05) is 27.2 Å². The Hall–Kier alpha value is -0.900. The quantitative estimate of drug-likeness (QED) is 0.278. The summed E-state index contributed by atoms with van der Waals surface area (Å²) >= 11 is 0. The summed E-state index contributed by atoms with van der Waals surface area (Å²) in [5.41, 5.74) is -1.04. The van der Waals surface area contributed by atoms with E-state index in [9.17, 15) is 9.59 Å². The maximum atomic E-state index is 11.8. The maximum Gasteiger partial charge on any atom is 0.355 e. The lowest BCUT2D eigenvalue weighted by molar-refractivity contribution is -0.280. The van der Waals surface area contributed by atoms with Crippen LogP contribution in [-0.4, -0.2) is 18.4 Å². The highest BCUT2D eigenvalue weighted by molar-refractivity contribution is 6.02. The van der Waals surface area contributed by atoms with E-state index in [0.717, 1.165) is 12.8 Å². The normalized spacial score (nSPS) is 11.2. The number of Topliss-reactive ketones (excluding diaryl/α,β-unsaturated/α-hetero) is 1. The molecule has 94 valence electrons. The molecule has 0 N–H and O–H groups in total. The van der Waals surface area contributed by atoms with E-state index in [-0.39, 0.29) is 5.78 Å². The van der Waals surface area contributed by atoms with Crippen LogP contribution in [0.3, 0.4) is 0 Å². The Bertz CT molecular complexity index is 231.